The summed E-state index contributed by atoms with van der Waals surface area (Å²) >= 11 is 7.27. The minimum atomic E-state index is -0.323. The Morgan fingerprint density at radius 2 is 1.96 bits per heavy atom. The lowest BCUT2D eigenvalue weighted by molar-refractivity contribution is 0.617. The van der Waals surface area contributed by atoms with Gasteiger partial charge < -0.3 is 5.73 Å². The molecule has 0 unspecified atom stereocenters. The quantitative estimate of drug-likeness (QED) is 0.540. The van der Waals surface area contributed by atoms with Crippen molar-refractivity contribution in [2.75, 3.05) is 0 Å². The third-order valence-corrected chi connectivity index (χ3v) is 4.91. The van der Waals surface area contributed by atoms with Crippen molar-refractivity contribution in [3.63, 3.8) is 0 Å². The number of aliphatic imine (C=N–C) groups is 1. The summed E-state index contributed by atoms with van der Waals surface area (Å²) in [6.45, 7) is 4.36. The van der Waals surface area contributed by atoms with Crippen LogP contribution in [0.15, 0.2) is 47.5 Å². The minimum Gasteiger partial charge on any atom is -0.378 e. The zero-order valence-electron chi connectivity index (χ0n) is 13.2. The predicted octanol–water partition coefficient (Wildman–Crippen LogP) is 5.87. The van der Waals surface area contributed by atoms with Crippen molar-refractivity contribution in [2.24, 2.45) is 10.7 Å². The van der Waals surface area contributed by atoms with Gasteiger partial charge >= 0.3 is 0 Å². The Labute approximate surface area is 146 Å². The first kappa shape index (κ1) is 17.8. The molecule has 2 N–H and O–H groups in total. The van der Waals surface area contributed by atoms with E-state index in [0.29, 0.717) is 27.4 Å². The van der Waals surface area contributed by atoms with Gasteiger partial charge in [0.05, 0.1) is 5.69 Å². The molecule has 0 fully saturated rings. The number of amidine groups is 1. The van der Waals surface area contributed by atoms with E-state index >= 15 is 0 Å². The average molecular weight is 351 g/mol. The smallest absolute Gasteiger partial charge is 0.159 e. The minimum absolute atomic E-state index is 0.323. The topological polar surface area (TPSA) is 38.4 Å². The van der Waals surface area contributed by atoms with E-state index in [2.05, 4.69) is 31.0 Å². The Kier molecular flexibility index (Phi) is 6.48. The van der Waals surface area contributed by atoms with E-state index < -0.39 is 0 Å². The molecule has 1 atom stereocenters. The molecule has 122 valence electrons. The normalized spacial score (nSPS) is 13.1. The molecule has 2 nitrogen and oxygen atoms in total. The lowest BCUT2D eigenvalue weighted by atomic mass is 9.99. The molecule has 0 aliphatic carbocycles. The number of hydrogen-bond donors (Lipinski definition) is 1. The van der Waals surface area contributed by atoms with Gasteiger partial charge in [-0.2, -0.15) is 0 Å². The molecule has 0 bridgehead atoms. The van der Waals surface area contributed by atoms with Crippen LogP contribution in [-0.2, 0) is 5.75 Å². The molecular weight excluding hydrogens is 331 g/mol. The zero-order valence-corrected chi connectivity index (χ0v) is 14.8. The highest BCUT2D eigenvalue weighted by Gasteiger charge is 2.08. The summed E-state index contributed by atoms with van der Waals surface area (Å²) in [5.41, 5.74) is 8.45. The highest BCUT2D eigenvalue weighted by molar-refractivity contribution is 8.13. The summed E-state index contributed by atoms with van der Waals surface area (Å²) in [4.78, 5) is 4.35. The zero-order chi connectivity index (χ0) is 16.8. The van der Waals surface area contributed by atoms with Crippen LogP contribution < -0.4 is 5.73 Å². The second-order valence-corrected chi connectivity index (χ2v) is 6.74. The summed E-state index contributed by atoms with van der Waals surface area (Å²) in [5, 5.41) is 0.795. The molecular formula is C18H20ClFN2S. The van der Waals surface area contributed by atoms with Crippen LogP contribution >= 0.6 is 23.4 Å². The summed E-state index contributed by atoms with van der Waals surface area (Å²) in [7, 11) is 0. The molecule has 0 amide bonds. The van der Waals surface area contributed by atoms with Crippen molar-refractivity contribution in [1.82, 2.24) is 0 Å². The fraction of sp³-hybridized carbons (Fsp3) is 0.278. The third kappa shape index (κ3) is 4.98. The number of nitrogens with zero attached hydrogens (tertiary/aromatic N) is 1. The van der Waals surface area contributed by atoms with E-state index in [0.717, 1.165) is 12.1 Å². The van der Waals surface area contributed by atoms with E-state index in [1.807, 2.05) is 12.1 Å². The first-order valence-corrected chi connectivity index (χ1v) is 8.87. The number of rotatable bonds is 5. The molecule has 23 heavy (non-hydrogen) atoms. The standard InChI is InChI=1S/C18H20ClFN2S/c1-3-12(2)13-7-9-14(10-8-13)22-18(21)23-11-15-16(19)5-4-6-17(15)20/h4-10,12H,3,11H2,1-2H3,(H2,21,22)/t12-/m0/s1. The third-order valence-electron chi connectivity index (χ3n) is 3.74. The Bertz CT molecular complexity index is 666. The maximum absolute atomic E-state index is 13.7. The fourth-order valence-corrected chi connectivity index (χ4v) is 3.15. The molecule has 0 aliphatic heterocycles. The van der Waals surface area contributed by atoms with Crippen LogP contribution in [0.25, 0.3) is 0 Å². The van der Waals surface area contributed by atoms with Crippen LogP contribution in [0.3, 0.4) is 0 Å². The molecule has 0 spiro atoms. The second-order valence-electron chi connectivity index (χ2n) is 5.34. The molecule has 0 aromatic heterocycles. The largest absolute Gasteiger partial charge is 0.378 e. The number of nitrogens with two attached hydrogens (primary N) is 1. The predicted molar refractivity (Wildman–Crippen MR) is 99.1 cm³/mol. The van der Waals surface area contributed by atoms with Crippen molar-refractivity contribution in [1.29, 1.82) is 0 Å². The fourth-order valence-electron chi connectivity index (χ4n) is 2.09. The number of halogens is 2. The summed E-state index contributed by atoms with van der Waals surface area (Å²) in [6, 6.07) is 12.7. The lowest BCUT2D eigenvalue weighted by Gasteiger charge is -2.09. The van der Waals surface area contributed by atoms with Gasteiger partial charge in [-0.05, 0) is 42.2 Å². The Balaban J connectivity index is 2.02. The van der Waals surface area contributed by atoms with Crippen molar-refractivity contribution < 1.29 is 4.39 Å². The maximum Gasteiger partial charge on any atom is 0.159 e. The Hall–Kier alpha value is -1.52. The highest BCUT2D eigenvalue weighted by atomic mass is 35.5. The molecule has 0 aliphatic rings. The van der Waals surface area contributed by atoms with Crippen LogP contribution in [0.5, 0.6) is 0 Å². The van der Waals surface area contributed by atoms with Crippen LogP contribution in [0.4, 0.5) is 10.1 Å². The van der Waals surface area contributed by atoms with E-state index in [1.54, 1.807) is 12.1 Å². The van der Waals surface area contributed by atoms with Crippen LogP contribution in [0, 0.1) is 5.82 Å². The summed E-state index contributed by atoms with van der Waals surface area (Å²) in [5.74, 6) is 0.560. The molecule has 2 rings (SSSR count). The van der Waals surface area contributed by atoms with Gasteiger partial charge in [-0.25, -0.2) is 9.38 Å². The number of hydrogen-bond acceptors (Lipinski definition) is 2. The van der Waals surface area contributed by atoms with Crippen molar-refractivity contribution >= 4 is 34.2 Å². The van der Waals surface area contributed by atoms with Gasteiger partial charge in [0.15, 0.2) is 5.17 Å². The Morgan fingerprint density at radius 1 is 1.26 bits per heavy atom. The first-order valence-electron chi connectivity index (χ1n) is 7.51. The van der Waals surface area contributed by atoms with E-state index in [9.17, 15) is 4.39 Å². The van der Waals surface area contributed by atoms with Gasteiger partial charge in [0.25, 0.3) is 0 Å². The maximum atomic E-state index is 13.7. The van der Waals surface area contributed by atoms with Gasteiger partial charge in [-0.15, -0.1) is 0 Å². The van der Waals surface area contributed by atoms with E-state index in [4.69, 9.17) is 17.3 Å². The van der Waals surface area contributed by atoms with E-state index in [-0.39, 0.29) is 5.82 Å². The highest BCUT2D eigenvalue weighted by Crippen LogP contribution is 2.25. The van der Waals surface area contributed by atoms with Crippen LogP contribution in [0.1, 0.15) is 37.3 Å². The molecule has 0 radical (unpaired) electrons. The second kappa shape index (κ2) is 8.37. The molecule has 2 aromatic carbocycles. The monoisotopic (exact) mass is 350 g/mol. The molecule has 0 saturated heterocycles. The average Bonchev–Trinajstić information content (AvgIpc) is 2.54. The lowest BCUT2D eigenvalue weighted by Crippen LogP contribution is -2.06. The van der Waals surface area contributed by atoms with Gasteiger partial charge in [0.2, 0.25) is 0 Å². The SMILES string of the molecule is CC[C@H](C)c1ccc(N=C(N)SCc2c(F)cccc2Cl)cc1. The first-order chi connectivity index (χ1) is 11.0. The van der Waals surface area contributed by atoms with Gasteiger partial charge in [-0.1, -0.05) is 55.4 Å². The molecule has 2 aromatic rings. The number of thioether (sulfide) groups is 1. The van der Waals surface area contributed by atoms with Crippen LogP contribution in [-0.4, -0.2) is 5.17 Å². The van der Waals surface area contributed by atoms with Gasteiger partial charge in [-0.3, -0.25) is 0 Å². The van der Waals surface area contributed by atoms with Crippen molar-refractivity contribution in [3.8, 4) is 0 Å². The molecule has 0 saturated carbocycles. The van der Waals surface area contributed by atoms with Gasteiger partial charge in [0.1, 0.15) is 5.82 Å². The summed E-state index contributed by atoms with van der Waals surface area (Å²) in [6.07, 6.45) is 1.10. The van der Waals surface area contributed by atoms with E-state index in [1.165, 1.54) is 23.4 Å². The van der Waals surface area contributed by atoms with Crippen molar-refractivity contribution in [3.05, 3.63) is 64.4 Å². The van der Waals surface area contributed by atoms with Gasteiger partial charge in [0, 0.05) is 16.3 Å². The van der Waals surface area contributed by atoms with Crippen LogP contribution in [0.2, 0.25) is 5.02 Å². The summed E-state index contributed by atoms with van der Waals surface area (Å²) < 4.78 is 13.7. The molecule has 5 heteroatoms. The number of benzene rings is 2. The Morgan fingerprint density at radius 3 is 2.57 bits per heavy atom. The molecule has 0 heterocycles. The van der Waals surface area contributed by atoms with Crippen molar-refractivity contribution in [2.45, 2.75) is 31.9 Å².